The highest BCUT2D eigenvalue weighted by atomic mass is 79.9. The lowest BCUT2D eigenvalue weighted by Gasteiger charge is -1.87. The highest BCUT2D eigenvalue weighted by molar-refractivity contribution is 9.11. The highest BCUT2D eigenvalue weighted by Gasteiger charge is 1.78. The van der Waals surface area contributed by atoms with Crippen LogP contribution < -0.4 is 0 Å². The van der Waals surface area contributed by atoms with E-state index in [1.807, 2.05) is 47.5 Å². The Morgan fingerprint density at radius 1 is 0.846 bits per heavy atom. The molecule has 0 amide bonds. The third-order valence-corrected chi connectivity index (χ3v) is 1.80. The van der Waals surface area contributed by atoms with E-state index in [1.54, 1.807) is 0 Å². The Bertz CT molecular complexity index is 307. The predicted octanol–water partition coefficient (Wildman–Crippen LogP) is 4.16. The maximum atomic E-state index is 3.19. The first-order valence-electron chi connectivity index (χ1n) is 4.08. The monoisotopic (exact) mass is 234 g/mol. The summed E-state index contributed by atoms with van der Waals surface area (Å²) in [6.45, 7) is 0. The lowest BCUT2D eigenvalue weighted by Crippen LogP contribution is -1.66. The molecule has 0 heterocycles. The Morgan fingerprint density at radius 3 is 2.23 bits per heavy atom. The maximum absolute atomic E-state index is 3.19. The average molecular weight is 235 g/mol. The van der Waals surface area contributed by atoms with Gasteiger partial charge in [0.25, 0.3) is 0 Å². The summed E-state index contributed by atoms with van der Waals surface area (Å²) in [5, 5.41) is 0. The van der Waals surface area contributed by atoms with E-state index in [-0.39, 0.29) is 0 Å². The van der Waals surface area contributed by atoms with Crippen molar-refractivity contribution in [3.05, 3.63) is 65.2 Å². The van der Waals surface area contributed by atoms with Crippen molar-refractivity contribution in [2.24, 2.45) is 0 Å². The third-order valence-electron chi connectivity index (χ3n) is 1.49. The smallest absolute Gasteiger partial charge is 0.0189 e. The van der Waals surface area contributed by atoms with Crippen molar-refractivity contribution in [2.75, 3.05) is 0 Å². The topological polar surface area (TPSA) is 0 Å². The third kappa shape index (κ3) is 4.48. The van der Waals surface area contributed by atoms with Crippen LogP contribution in [-0.2, 0) is 0 Å². The summed E-state index contributed by atoms with van der Waals surface area (Å²) in [6, 6.07) is 10.2. The lowest BCUT2D eigenvalue weighted by atomic mass is 10.2. The molecule has 0 spiro atoms. The Kier molecular flexibility index (Phi) is 4.95. The van der Waals surface area contributed by atoms with E-state index in [0.717, 1.165) is 0 Å². The predicted molar refractivity (Wildman–Crippen MR) is 62.7 cm³/mol. The van der Waals surface area contributed by atoms with Crippen LogP contribution in [0, 0.1) is 0 Å². The molecule has 1 heteroatoms. The zero-order chi connectivity index (χ0) is 9.36. The van der Waals surface area contributed by atoms with E-state index in [0.29, 0.717) is 0 Å². The summed E-state index contributed by atoms with van der Waals surface area (Å²) in [6.07, 6.45) is 9.97. The van der Waals surface area contributed by atoms with Crippen molar-refractivity contribution >= 4 is 22.0 Å². The van der Waals surface area contributed by atoms with Crippen LogP contribution in [0.4, 0.5) is 0 Å². The minimum atomic E-state index is 1.22. The normalized spacial score (nSPS) is 12.1. The Morgan fingerprint density at radius 2 is 1.54 bits per heavy atom. The fourth-order valence-electron chi connectivity index (χ4n) is 0.901. The van der Waals surface area contributed by atoms with E-state index in [4.69, 9.17) is 0 Å². The van der Waals surface area contributed by atoms with Crippen LogP contribution in [0.5, 0.6) is 0 Å². The van der Waals surface area contributed by atoms with Gasteiger partial charge in [0.2, 0.25) is 0 Å². The molecule has 0 bridgehead atoms. The first kappa shape index (κ1) is 10.0. The fourth-order valence-corrected chi connectivity index (χ4v) is 1.08. The molecule has 0 saturated carbocycles. The van der Waals surface area contributed by atoms with E-state index in [2.05, 4.69) is 34.1 Å². The Balaban J connectivity index is 2.50. The van der Waals surface area contributed by atoms with E-state index >= 15 is 0 Å². The van der Waals surface area contributed by atoms with Crippen molar-refractivity contribution in [3.63, 3.8) is 0 Å². The molecule has 0 radical (unpaired) electrons. The molecule has 0 fully saturated rings. The first-order valence-corrected chi connectivity index (χ1v) is 5.00. The Labute approximate surface area is 87.4 Å². The molecule has 1 rings (SSSR count). The summed E-state index contributed by atoms with van der Waals surface area (Å²) in [7, 11) is 0. The molecule has 0 aliphatic carbocycles. The number of allylic oxidation sites excluding steroid dienone is 4. The molecule has 0 aromatic heterocycles. The molecule has 0 saturated heterocycles. The number of halogens is 1. The van der Waals surface area contributed by atoms with Crippen molar-refractivity contribution < 1.29 is 0 Å². The summed E-state index contributed by atoms with van der Waals surface area (Å²) in [4.78, 5) is 1.82. The fraction of sp³-hybridized carbons (Fsp3) is 0. The largest absolute Gasteiger partial charge is 0.0622 e. The van der Waals surface area contributed by atoms with Gasteiger partial charge in [-0.1, -0.05) is 76.6 Å². The minimum absolute atomic E-state index is 1.22. The molecule has 1 aromatic rings. The molecule has 0 unspecified atom stereocenters. The average Bonchev–Trinajstić information content (AvgIpc) is 2.19. The van der Waals surface area contributed by atoms with Crippen molar-refractivity contribution in [1.82, 2.24) is 0 Å². The highest BCUT2D eigenvalue weighted by Crippen LogP contribution is 2.00. The van der Waals surface area contributed by atoms with E-state index in [1.165, 1.54) is 5.56 Å². The second kappa shape index (κ2) is 6.44. The first-order chi connectivity index (χ1) is 6.43. The van der Waals surface area contributed by atoms with Crippen LogP contribution in [0.2, 0.25) is 0 Å². The number of hydrogen-bond acceptors (Lipinski definition) is 0. The molecule has 0 nitrogen and oxygen atoms in total. The molecular formula is C12H11Br. The van der Waals surface area contributed by atoms with Crippen LogP contribution >= 0.6 is 15.9 Å². The summed E-state index contributed by atoms with van der Waals surface area (Å²) in [5.41, 5.74) is 1.22. The lowest BCUT2D eigenvalue weighted by molar-refractivity contribution is 1.66. The Hall–Kier alpha value is -1.08. The van der Waals surface area contributed by atoms with Gasteiger partial charge in [0.05, 0.1) is 0 Å². The van der Waals surface area contributed by atoms with Gasteiger partial charge in [-0.05, 0) is 10.5 Å². The summed E-state index contributed by atoms with van der Waals surface area (Å²) >= 11 is 3.19. The standard InChI is InChI=1S/C12H11Br/c13-11-7-2-1-4-8-12-9-5-3-6-10-12/h1-11H/b2-1+,8-4-,11-7-. The maximum Gasteiger partial charge on any atom is -0.0189 e. The molecule has 0 aliphatic rings. The van der Waals surface area contributed by atoms with Gasteiger partial charge in [-0.2, -0.15) is 0 Å². The molecular weight excluding hydrogens is 224 g/mol. The SMILES string of the molecule is Br\C=C/C=C/C=C\c1ccccc1. The number of benzene rings is 1. The molecule has 13 heavy (non-hydrogen) atoms. The molecule has 66 valence electrons. The molecule has 1 aromatic carbocycles. The van der Waals surface area contributed by atoms with E-state index < -0.39 is 0 Å². The molecule has 0 N–H and O–H groups in total. The second-order valence-electron chi connectivity index (χ2n) is 2.47. The second-order valence-corrected chi connectivity index (χ2v) is 3.00. The number of rotatable bonds is 3. The van der Waals surface area contributed by atoms with Crippen molar-refractivity contribution in [2.45, 2.75) is 0 Å². The van der Waals surface area contributed by atoms with Gasteiger partial charge in [0, 0.05) is 0 Å². The van der Waals surface area contributed by atoms with Gasteiger partial charge in [0.1, 0.15) is 0 Å². The summed E-state index contributed by atoms with van der Waals surface area (Å²) < 4.78 is 0. The van der Waals surface area contributed by atoms with Crippen LogP contribution in [0.15, 0.2) is 59.6 Å². The van der Waals surface area contributed by atoms with Gasteiger partial charge in [-0.15, -0.1) is 0 Å². The van der Waals surface area contributed by atoms with Gasteiger partial charge >= 0.3 is 0 Å². The van der Waals surface area contributed by atoms with Gasteiger partial charge in [-0.25, -0.2) is 0 Å². The molecule has 0 aliphatic heterocycles. The van der Waals surface area contributed by atoms with Gasteiger partial charge in [0.15, 0.2) is 0 Å². The number of hydrogen-bond donors (Lipinski definition) is 0. The van der Waals surface area contributed by atoms with Crippen LogP contribution in [0.1, 0.15) is 5.56 Å². The summed E-state index contributed by atoms with van der Waals surface area (Å²) in [5.74, 6) is 0. The van der Waals surface area contributed by atoms with Gasteiger partial charge in [-0.3, -0.25) is 0 Å². The zero-order valence-electron chi connectivity index (χ0n) is 7.23. The minimum Gasteiger partial charge on any atom is -0.0622 e. The van der Waals surface area contributed by atoms with Crippen LogP contribution in [0.25, 0.3) is 6.08 Å². The quantitative estimate of drug-likeness (QED) is 0.690. The van der Waals surface area contributed by atoms with Crippen LogP contribution in [-0.4, -0.2) is 0 Å². The van der Waals surface area contributed by atoms with Crippen LogP contribution in [0.3, 0.4) is 0 Å². The zero-order valence-corrected chi connectivity index (χ0v) is 8.81. The van der Waals surface area contributed by atoms with Crippen molar-refractivity contribution in [1.29, 1.82) is 0 Å². The molecule has 0 atom stereocenters. The van der Waals surface area contributed by atoms with Gasteiger partial charge < -0.3 is 0 Å². The van der Waals surface area contributed by atoms with E-state index in [9.17, 15) is 0 Å². The van der Waals surface area contributed by atoms with Crippen molar-refractivity contribution in [3.8, 4) is 0 Å².